The highest BCUT2D eigenvalue weighted by atomic mass is 16.5. The summed E-state index contributed by atoms with van der Waals surface area (Å²) < 4.78 is 12.5. The number of methoxy groups -OCH3 is 1. The molecule has 148 valence electrons. The molecule has 0 unspecified atom stereocenters. The first-order chi connectivity index (χ1) is 14.2. The third-order valence-electron chi connectivity index (χ3n) is 4.04. The molecule has 3 rings (SSSR count). The van der Waals surface area contributed by atoms with Crippen LogP contribution in [-0.2, 0) is 17.9 Å². The van der Waals surface area contributed by atoms with E-state index in [0.29, 0.717) is 18.1 Å². The minimum atomic E-state index is -0.399. The molecule has 7 nitrogen and oxygen atoms in total. The Morgan fingerprint density at radius 2 is 1.86 bits per heavy atom. The van der Waals surface area contributed by atoms with E-state index in [-0.39, 0.29) is 12.1 Å². The molecule has 1 aromatic heterocycles. The van der Waals surface area contributed by atoms with Gasteiger partial charge in [-0.1, -0.05) is 36.4 Å². The summed E-state index contributed by atoms with van der Waals surface area (Å²) >= 11 is 0. The maximum atomic E-state index is 11.9. The summed E-state index contributed by atoms with van der Waals surface area (Å²) in [5.41, 5.74) is 3.94. The Bertz CT molecular complexity index is 1050. The average Bonchev–Trinajstić information content (AvgIpc) is 2.75. The van der Waals surface area contributed by atoms with Crippen LogP contribution in [0, 0.1) is 0 Å². The van der Waals surface area contributed by atoms with Crippen molar-refractivity contribution in [3.05, 3.63) is 94.4 Å². The highest BCUT2D eigenvalue weighted by molar-refractivity contribution is 5.83. The van der Waals surface area contributed by atoms with E-state index in [2.05, 4.69) is 10.5 Å². The van der Waals surface area contributed by atoms with Gasteiger partial charge in [0.15, 0.2) is 11.5 Å². The second kappa shape index (κ2) is 9.89. The maximum Gasteiger partial charge on any atom is 0.260 e. The number of nitrogens with zero attached hydrogens (tertiary/aromatic N) is 2. The number of carbonyl (C=O) groups is 1. The van der Waals surface area contributed by atoms with Crippen LogP contribution >= 0.6 is 0 Å². The van der Waals surface area contributed by atoms with Crippen molar-refractivity contribution in [2.24, 2.45) is 5.10 Å². The van der Waals surface area contributed by atoms with Crippen molar-refractivity contribution in [1.82, 2.24) is 9.99 Å². The smallest absolute Gasteiger partial charge is 0.260 e. The summed E-state index contributed by atoms with van der Waals surface area (Å²) in [7, 11) is 1.56. The van der Waals surface area contributed by atoms with Crippen LogP contribution in [0.3, 0.4) is 0 Å². The van der Waals surface area contributed by atoms with Crippen LogP contribution in [0.4, 0.5) is 0 Å². The molecule has 0 spiro atoms. The van der Waals surface area contributed by atoms with Gasteiger partial charge < -0.3 is 14.0 Å². The fraction of sp³-hybridized carbons (Fsp3) is 0.136. The SMILES string of the molecule is COc1cc(/C=N\NC(=O)Cn2ccccc2=O)ccc1OCc1ccccc1. The second-order valence-electron chi connectivity index (χ2n) is 6.14. The van der Waals surface area contributed by atoms with Gasteiger partial charge in [-0.3, -0.25) is 9.59 Å². The van der Waals surface area contributed by atoms with Gasteiger partial charge in [0.05, 0.1) is 13.3 Å². The Labute approximate surface area is 168 Å². The Morgan fingerprint density at radius 3 is 2.62 bits per heavy atom. The first kappa shape index (κ1) is 19.9. The standard InChI is InChI=1S/C22H21N3O4/c1-28-20-13-18(10-11-19(20)29-16-17-7-3-2-4-8-17)14-23-24-21(26)15-25-12-6-5-9-22(25)27/h2-14H,15-16H2,1H3,(H,24,26)/b23-14-. The fourth-order valence-electron chi connectivity index (χ4n) is 2.58. The molecule has 0 atom stereocenters. The van der Waals surface area contributed by atoms with E-state index in [9.17, 15) is 9.59 Å². The minimum Gasteiger partial charge on any atom is -0.493 e. The Kier molecular flexibility index (Phi) is 6.78. The summed E-state index contributed by atoms with van der Waals surface area (Å²) in [6.45, 7) is 0.326. The fourth-order valence-corrected chi connectivity index (χ4v) is 2.58. The number of pyridine rings is 1. The van der Waals surface area contributed by atoms with Crippen LogP contribution in [-0.4, -0.2) is 23.8 Å². The quantitative estimate of drug-likeness (QED) is 0.473. The van der Waals surface area contributed by atoms with Crippen molar-refractivity contribution in [3.63, 3.8) is 0 Å². The lowest BCUT2D eigenvalue weighted by Gasteiger charge is -2.11. The van der Waals surface area contributed by atoms with Gasteiger partial charge in [0, 0.05) is 12.3 Å². The summed E-state index contributed by atoms with van der Waals surface area (Å²) in [5, 5.41) is 3.93. The van der Waals surface area contributed by atoms with Crippen molar-refractivity contribution in [1.29, 1.82) is 0 Å². The Hall–Kier alpha value is -3.87. The number of ether oxygens (including phenoxy) is 2. The molecule has 0 radical (unpaired) electrons. The number of benzene rings is 2. The minimum absolute atomic E-state index is 0.105. The second-order valence-corrected chi connectivity index (χ2v) is 6.14. The highest BCUT2D eigenvalue weighted by Gasteiger charge is 2.06. The molecule has 0 aliphatic heterocycles. The first-order valence-corrected chi connectivity index (χ1v) is 8.98. The lowest BCUT2D eigenvalue weighted by molar-refractivity contribution is -0.121. The third kappa shape index (κ3) is 5.80. The molecule has 29 heavy (non-hydrogen) atoms. The molecule has 1 amide bonds. The summed E-state index contributed by atoms with van der Waals surface area (Å²) in [6.07, 6.45) is 3.04. The third-order valence-corrected chi connectivity index (χ3v) is 4.04. The van der Waals surface area contributed by atoms with Crippen molar-refractivity contribution in [2.45, 2.75) is 13.2 Å². The molecular weight excluding hydrogens is 370 g/mol. The summed E-state index contributed by atoms with van der Waals surface area (Å²) in [5.74, 6) is 0.775. The molecular formula is C22H21N3O4. The molecule has 7 heteroatoms. The van der Waals surface area contributed by atoms with Gasteiger partial charge in [0.25, 0.3) is 11.5 Å². The number of hydrogen-bond donors (Lipinski definition) is 1. The number of aromatic nitrogens is 1. The normalized spacial score (nSPS) is 10.7. The number of hydrogen-bond acceptors (Lipinski definition) is 5. The molecule has 1 N–H and O–H groups in total. The molecule has 0 fully saturated rings. The number of rotatable bonds is 8. The van der Waals surface area contributed by atoms with Gasteiger partial charge in [-0.2, -0.15) is 5.10 Å². The molecule has 2 aromatic carbocycles. The van der Waals surface area contributed by atoms with E-state index in [4.69, 9.17) is 9.47 Å². The van der Waals surface area contributed by atoms with Gasteiger partial charge >= 0.3 is 0 Å². The summed E-state index contributed by atoms with van der Waals surface area (Å²) in [4.78, 5) is 23.5. The van der Waals surface area contributed by atoms with Gasteiger partial charge in [-0.05, 0) is 35.4 Å². The number of amides is 1. The van der Waals surface area contributed by atoms with E-state index in [1.807, 2.05) is 30.3 Å². The molecule has 0 aliphatic rings. The first-order valence-electron chi connectivity index (χ1n) is 8.98. The van der Waals surface area contributed by atoms with Crippen LogP contribution in [0.15, 0.2) is 82.8 Å². The van der Waals surface area contributed by atoms with Crippen LogP contribution in [0.2, 0.25) is 0 Å². The predicted molar refractivity (Wildman–Crippen MR) is 110 cm³/mol. The molecule has 0 bridgehead atoms. The molecule has 0 saturated carbocycles. The average molecular weight is 391 g/mol. The van der Waals surface area contributed by atoms with Crippen molar-refractivity contribution in [2.75, 3.05) is 7.11 Å². The Morgan fingerprint density at radius 1 is 1.07 bits per heavy atom. The number of carbonyl (C=O) groups excluding carboxylic acids is 1. The Balaban J connectivity index is 1.58. The molecule has 0 saturated heterocycles. The van der Waals surface area contributed by atoms with Crippen molar-refractivity contribution < 1.29 is 14.3 Å². The van der Waals surface area contributed by atoms with Gasteiger partial charge in [-0.25, -0.2) is 5.43 Å². The molecule has 3 aromatic rings. The predicted octanol–water partition coefficient (Wildman–Crippen LogP) is 2.59. The monoisotopic (exact) mass is 391 g/mol. The maximum absolute atomic E-state index is 11.9. The zero-order valence-electron chi connectivity index (χ0n) is 15.9. The zero-order valence-corrected chi connectivity index (χ0v) is 15.9. The number of hydrazone groups is 1. The van der Waals surface area contributed by atoms with E-state index in [0.717, 1.165) is 11.1 Å². The van der Waals surface area contributed by atoms with Crippen LogP contribution in [0.1, 0.15) is 11.1 Å². The van der Waals surface area contributed by atoms with Crippen LogP contribution < -0.4 is 20.5 Å². The van der Waals surface area contributed by atoms with E-state index >= 15 is 0 Å². The summed E-state index contributed by atoms with van der Waals surface area (Å²) in [6, 6.07) is 19.9. The molecule has 0 aliphatic carbocycles. The molecule has 1 heterocycles. The van der Waals surface area contributed by atoms with E-state index in [1.165, 1.54) is 16.8 Å². The van der Waals surface area contributed by atoms with Crippen LogP contribution in [0.5, 0.6) is 11.5 Å². The lowest BCUT2D eigenvalue weighted by Crippen LogP contribution is -2.28. The lowest BCUT2D eigenvalue weighted by atomic mass is 10.2. The van der Waals surface area contributed by atoms with Crippen molar-refractivity contribution in [3.8, 4) is 11.5 Å². The van der Waals surface area contributed by atoms with Crippen LogP contribution in [0.25, 0.3) is 0 Å². The van der Waals surface area contributed by atoms with Gasteiger partial charge in [0.1, 0.15) is 13.2 Å². The van der Waals surface area contributed by atoms with Gasteiger partial charge in [-0.15, -0.1) is 0 Å². The zero-order chi connectivity index (χ0) is 20.5. The highest BCUT2D eigenvalue weighted by Crippen LogP contribution is 2.28. The van der Waals surface area contributed by atoms with E-state index < -0.39 is 5.91 Å². The van der Waals surface area contributed by atoms with Gasteiger partial charge in [0.2, 0.25) is 0 Å². The van der Waals surface area contributed by atoms with E-state index in [1.54, 1.807) is 43.6 Å². The topological polar surface area (TPSA) is 81.9 Å². The number of nitrogens with one attached hydrogen (secondary N) is 1. The largest absolute Gasteiger partial charge is 0.493 e. The van der Waals surface area contributed by atoms with Crippen molar-refractivity contribution >= 4 is 12.1 Å².